The van der Waals surface area contributed by atoms with Crippen LogP contribution in [0.25, 0.3) is 0 Å². The van der Waals surface area contributed by atoms with Crippen molar-refractivity contribution in [3.63, 3.8) is 0 Å². The number of nitro benzene ring substituents is 1. The summed E-state index contributed by atoms with van der Waals surface area (Å²) in [6.07, 6.45) is 0. The van der Waals surface area contributed by atoms with Gasteiger partial charge in [-0.05, 0) is 25.1 Å². The molecule has 2 aromatic rings. The van der Waals surface area contributed by atoms with E-state index in [-0.39, 0.29) is 10.6 Å². The fourth-order valence-corrected chi connectivity index (χ4v) is 2.58. The standard InChI is InChI=1S/C12H11ClN2O2S/c1-8-2-3-9(6-11(8)15(16)17)14-7-10-4-5-12(13)18-10/h2-6,14H,7H2,1H3. The molecule has 0 bridgehead atoms. The van der Waals surface area contributed by atoms with E-state index in [9.17, 15) is 10.1 Å². The van der Waals surface area contributed by atoms with Gasteiger partial charge in [0.15, 0.2) is 0 Å². The minimum atomic E-state index is -0.372. The second-order valence-electron chi connectivity index (χ2n) is 3.82. The van der Waals surface area contributed by atoms with Gasteiger partial charge in [0.2, 0.25) is 0 Å². The molecule has 0 saturated heterocycles. The van der Waals surface area contributed by atoms with Crippen LogP contribution in [-0.2, 0) is 6.54 Å². The first-order valence-corrected chi connectivity index (χ1v) is 6.49. The Morgan fingerprint density at radius 3 is 2.78 bits per heavy atom. The monoisotopic (exact) mass is 282 g/mol. The van der Waals surface area contributed by atoms with Crippen molar-refractivity contribution in [1.29, 1.82) is 0 Å². The number of nitrogens with one attached hydrogen (secondary N) is 1. The summed E-state index contributed by atoms with van der Waals surface area (Å²) >= 11 is 7.32. The zero-order valence-corrected chi connectivity index (χ0v) is 11.2. The number of anilines is 1. The zero-order chi connectivity index (χ0) is 13.1. The van der Waals surface area contributed by atoms with Gasteiger partial charge in [0.05, 0.1) is 9.26 Å². The lowest BCUT2D eigenvalue weighted by Crippen LogP contribution is -1.99. The van der Waals surface area contributed by atoms with E-state index >= 15 is 0 Å². The predicted molar refractivity (Wildman–Crippen MR) is 74.5 cm³/mol. The van der Waals surface area contributed by atoms with Gasteiger partial charge in [0.1, 0.15) is 0 Å². The minimum absolute atomic E-state index is 0.129. The highest BCUT2D eigenvalue weighted by atomic mass is 35.5. The molecular weight excluding hydrogens is 272 g/mol. The highest BCUT2D eigenvalue weighted by Crippen LogP contribution is 2.25. The Labute approximate surface area is 113 Å². The maximum atomic E-state index is 10.8. The lowest BCUT2D eigenvalue weighted by molar-refractivity contribution is -0.385. The van der Waals surface area contributed by atoms with Crippen LogP contribution in [0, 0.1) is 17.0 Å². The predicted octanol–water partition coefficient (Wildman–Crippen LogP) is 4.23. The molecule has 0 radical (unpaired) electrons. The van der Waals surface area contributed by atoms with Crippen molar-refractivity contribution < 1.29 is 4.92 Å². The Hall–Kier alpha value is -1.59. The molecule has 0 unspecified atom stereocenters. The molecule has 18 heavy (non-hydrogen) atoms. The summed E-state index contributed by atoms with van der Waals surface area (Å²) in [6, 6.07) is 8.88. The van der Waals surface area contributed by atoms with Crippen molar-refractivity contribution in [1.82, 2.24) is 0 Å². The van der Waals surface area contributed by atoms with E-state index in [1.807, 2.05) is 18.2 Å². The van der Waals surface area contributed by atoms with E-state index in [1.54, 1.807) is 19.1 Å². The third kappa shape index (κ3) is 3.00. The number of hydrogen-bond donors (Lipinski definition) is 1. The van der Waals surface area contributed by atoms with Crippen LogP contribution in [-0.4, -0.2) is 4.92 Å². The van der Waals surface area contributed by atoms with Crippen molar-refractivity contribution in [3.05, 3.63) is 55.2 Å². The molecule has 4 nitrogen and oxygen atoms in total. The Bertz CT molecular complexity index is 583. The molecule has 2 rings (SSSR count). The first-order valence-electron chi connectivity index (χ1n) is 5.29. The number of aryl methyl sites for hydroxylation is 1. The first-order chi connectivity index (χ1) is 8.56. The number of halogens is 1. The van der Waals surface area contributed by atoms with E-state index in [2.05, 4.69) is 5.32 Å². The van der Waals surface area contributed by atoms with Gasteiger partial charge in [0, 0.05) is 28.7 Å². The van der Waals surface area contributed by atoms with Crippen LogP contribution in [0.3, 0.4) is 0 Å². The molecule has 0 aliphatic rings. The van der Waals surface area contributed by atoms with E-state index in [0.717, 1.165) is 14.9 Å². The average molecular weight is 283 g/mol. The van der Waals surface area contributed by atoms with Crippen LogP contribution >= 0.6 is 22.9 Å². The molecule has 1 N–H and O–H groups in total. The SMILES string of the molecule is Cc1ccc(NCc2ccc(Cl)s2)cc1[N+](=O)[O-]. The Kier molecular flexibility index (Phi) is 3.84. The topological polar surface area (TPSA) is 55.2 Å². The van der Waals surface area contributed by atoms with Crippen molar-refractivity contribution in [2.75, 3.05) is 5.32 Å². The van der Waals surface area contributed by atoms with Crippen molar-refractivity contribution in [2.45, 2.75) is 13.5 Å². The second-order valence-corrected chi connectivity index (χ2v) is 5.62. The van der Waals surface area contributed by atoms with Gasteiger partial charge in [-0.2, -0.15) is 0 Å². The molecule has 0 spiro atoms. The van der Waals surface area contributed by atoms with Gasteiger partial charge in [-0.15, -0.1) is 11.3 Å². The van der Waals surface area contributed by atoms with Crippen LogP contribution in [0.1, 0.15) is 10.4 Å². The van der Waals surface area contributed by atoms with Crippen molar-refractivity contribution in [3.8, 4) is 0 Å². The number of benzene rings is 1. The highest BCUT2D eigenvalue weighted by Gasteiger charge is 2.10. The fraction of sp³-hybridized carbons (Fsp3) is 0.167. The summed E-state index contributed by atoms with van der Waals surface area (Å²) in [6.45, 7) is 2.33. The average Bonchev–Trinajstić information content (AvgIpc) is 2.74. The molecule has 1 heterocycles. The van der Waals surface area contributed by atoms with Crippen LogP contribution in [0.15, 0.2) is 30.3 Å². The summed E-state index contributed by atoms with van der Waals surface area (Å²) in [5.74, 6) is 0. The maximum Gasteiger partial charge on any atom is 0.274 e. The van der Waals surface area contributed by atoms with E-state index in [4.69, 9.17) is 11.6 Å². The molecule has 0 fully saturated rings. The lowest BCUT2D eigenvalue weighted by atomic mass is 10.2. The largest absolute Gasteiger partial charge is 0.380 e. The normalized spacial score (nSPS) is 10.3. The molecule has 94 valence electrons. The summed E-state index contributed by atoms with van der Waals surface area (Å²) in [5, 5.41) is 14.0. The molecule has 0 atom stereocenters. The third-order valence-corrected chi connectivity index (χ3v) is 3.73. The van der Waals surface area contributed by atoms with Gasteiger partial charge in [-0.1, -0.05) is 17.7 Å². The quantitative estimate of drug-likeness (QED) is 0.674. The second kappa shape index (κ2) is 5.37. The maximum absolute atomic E-state index is 10.8. The highest BCUT2D eigenvalue weighted by molar-refractivity contribution is 7.16. The zero-order valence-electron chi connectivity index (χ0n) is 9.64. The Morgan fingerprint density at radius 2 is 2.17 bits per heavy atom. The molecule has 1 aromatic heterocycles. The fourth-order valence-electron chi connectivity index (χ4n) is 1.55. The molecule has 0 saturated carbocycles. The number of rotatable bonds is 4. The molecule has 0 amide bonds. The van der Waals surface area contributed by atoms with Gasteiger partial charge in [0.25, 0.3) is 5.69 Å². The summed E-state index contributed by atoms with van der Waals surface area (Å²) < 4.78 is 0.738. The van der Waals surface area contributed by atoms with E-state index in [1.165, 1.54) is 11.3 Å². The first kappa shape index (κ1) is 12.9. The van der Waals surface area contributed by atoms with E-state index < -0.39 is 0 Å². The molecule has 1 aromatic carbocycles. The Morgan fingerprint density at radius 1 is 1.39 bits per heavy atom. The summed E-state index contributed by atoms with van der Waals surface area (Å²) in [5.41, 5.74) is 1.52. The number of hydrogen-bond acceptors (Lipinski definition) is 4. The minimum Gasteiger partial charge on any atom is -0.380 e. The van der Waals surface area contributed by atoms with Gasteiger partial charge in [-0.25, -0.2) is 0 Å². The van der Waals surface area contributed by atoms with Crippen molar-refractivity contribution >= 4 is 34.3 Å². The Balaban J connectivity index is 2.10. The number of thiophene rings is 1. The smallest absolute Gasteiger partial charge is 0.274 e. The van der Waals surface area contributed by atoms with Gasteiger partial charge < -0.3 is 5.32 Å². The van der Waals surface area contributed by atoms with Crippen LogP contribution in [0.4, 0.5) is 11.4 Å². The summed E-state index contributed by atoms with van der Waals surface area (Å²) in [4.78, 5) is 11.5. The van der Waals surface area contributed by atoms with Gasteiger partial charge in [-0.3, -0.25) is 10.1 Å². The molecular formula is C12H11ClN2O2S. The molecule has 0 aliphatic carbocycles. The van der Waals surface area contributed by atoms with Crippen LogP contribution in [0.5, 0.6) is 0 Å². The van der Waals surface area contributed by atoms with Gasteiger partial charge >= 0.3 is 0 Å². The lowest BCUT2D eigenvalue weighted by Gasteiger charge is -2.05. The molecule has 6 heteroatoms. The third-order valence-electron chi connectivity index (χ3n) is 2.50. The van der Waals surface area contributed by atoms with Crippen molar-refractivity contribution in [2.24, 2.45) is 0 Å². The van der Waals surface area contributed by atoms with E-state index in [0.29, 0.717) is 12.1 Å². The molecule has 0 aliphatic heterocycles. The number of nitro groups is 1. The summed E-state index contributed by atoms with van der Waals surface area (Å²) in [7, 11) is 0. The van der Waals surface area contributed by atoms with Crippen LogP contribution < -0.4 is 5.32 Å². The van der Waals surface area contributed by atoms with Crippen LogP contribution in [0.2, 0.25) is 4.34 Å². The number of nitrogens with zero attached hydrogens (tertiary/aromatic N) is 1.